The molecule has 0 aliphatic carbocycles. The Labute approximate surface area is 115 Å². The third-order valence-corrected chi connectivity index (χ3v) is 2.59. The molecule has 1 aromatic rings. The molecule has 1 amide bonds. The third-order valence-electron chi connectivity index (χ3n) is 2.59. The second-order valence-electron chi connectivity index (χ2n) is 3.92. The summed E-state index contributed by atoms with van der Waals surface area (Å²) in [6.07, 6.45) is 0. The maximum absolute atomic E-state index is 12.2. The summed E-state index contributed by atoms with van der Waals surface area (Å²) in [6, 6.07) is 7.55. The summed E-state index contributed by atoms with van der Waals surface area (Å²) in [4.78, 5) is 13.9. The highest BCUT2D eigenvalue weighted by atomic mass is 35.5. The second kappa shape index (κ2) is 8.91. The van der Waals surface area contributed by atoms with Gasteiger partial charge in [-0.3, -0.25) is 4.79 Å². The molecule has 5 heteroatoms. The van der Waals surface area contributed by atoms with Crippen molar-refractivity contribution in [3.8, 4) is 0 Å². The number of ether oxygens (including phenoxy) is 1. The van der Waals surface area contributed by atoms with E-state index in [1.54, 1.807) is 12.0 Å². The summed E-state index contributed by atoms with van der Waals surface area (Å²) in [7, 11) is 5.31. The largest absolute Gasteiger partial charge is 0.380 e. The van der Waals surface area contributed by atoms with E-state index >= 15 is 0 Å². The third kappa shape index (κ3) is 4.64. The molecule has 0 fully saturated rings. The van der Waals surface area contributed by atoms with Gasteiger partial charge < -0.3 is 15.0 Å². The summed E-state index contributed by atoms with van der Waals surface area (Å²) in [5, 5.41) is 3.03. The lowest BCUT2D eigenvalue weighted by molar-refractivity contribution is 0.0792. The van der Waals surface area contributed by atoms with E-state index in [0.29, 0.717) is 18.7 Å². The molecule has 0 radical (unpaired) electrons. The first-order valence-corrected chi connectivity index (χ1v) is 5.67. The average molecular weight is 273 g/mol. The Morgan fingerprint density at radius 2 is 2.06 bits per heavy atom. The van der Waals surface area contributed by atoms with Crippen LogP contribution in [0.2, 0.25) is 0 Å². The zero-order chi connectivity index (χ0) is 12.7. The van der Waals surface area contributed by atoms with Gasteiger partial charge in [-0.1, -0.05) is 18.2 Å². The number of methoxy groups -OCH3 is 1. The van der Waals surface area contributed by atoms with Crippen LogP contribution < -0.4 is 5.32 Å². The molecule has 0 heterocycles. The number of amides is 1. The van der Waals surface area contributed by atoms with Crippen LogP contribution in [0, 0.1) is 0 Å². The van der Waals surface area contributed by atoms with Crippen LogP contribution in [0.15, 0.2) is 24.3 Å². The van der Waals surface area contributed by atoms with Crippen LogP contribution in [0.5, 0.6) is 0 Å². The zero-order valence-corrected chi connectivity index (χ0v) is 11.9. The van der Waals surface area contributed by atoms with Crippen molar-refractivity contribution in [2.75, 3.05) is 34.3 Å². The quantitative estimate of drug-likeness (QED) is 0.854. The number of likely N-dealkylation sites (N-methyl/N-ethyl adjacent to an activating group) is 2. The van der Waals surface area contributed by atoms with Gasteiger partial charge in [-0.05, 0) is 18.7 Å². The fraction of sp³-hybridized carbons (Fsp3) is 0.462. The maximum Gasteiger partial charge on any atom is 0.254 e. The normalized spacial score (nSPS) is 9.72. The van der Waals surface area contributed by atoms with Gasteiger partial charge in [0.2, 0.25) is 0 Å². The Bertz CT molecular complexity index is 372. The number of nitrogens with one attached hydrogen (secondary N) is 1. The van der Waals surface area contributed by atoms with Gasteiger partial charge in [0.1, 0.15) is 0 Å². The van der Waals surface area contributed by atoms with E-state index in [1.165, 1.54) is 0 Å². The van der Waals surface area contributed by atoms with Crippen LogP contribution in [0.1, 0.15) is 15.9 Å². The van der Waals surface area contributed by atoms with Gasteiger partial charge >= 0.3 is 0 Å². The topological polar surface area (TPSA) is 41.6 Å². The molecular weight excluding hydrogens is 252 g/mol. The minimum Gasteiger partial charge on any atom is -0.380 e. The molecular formula is C13H21ClN2O2. The van der Waals surface area contributed by atoms with Crippen LogP contribution in [0.4, 0.5) is 0 Å². The predicted molar refractivity (Wildman–Crippen MR) is 75.3 cm³/mol. The van der Waals surface area contributed by atoms with Crippen molar-refractivity contribution in [2.24, 2.45) is 0 Å². The molecule has 0 aromatic heterocycles. The highest BCUT2D eigenvalue weighted by molar-refractivity contribution is 5.95. The van der Waals surface area contributed by atoms with E-state index in [0.717, 1.165) is 12.1 Å². The van der Waals surface area contributed by atoms with Crippen molar-refractivity contribution in [1.82, 2.24) is 10.2 Å². The van der Waals surface area contributed by atoms with Gasteiger partial charge in [0.05, 0.1) is 6.61 Å². The molecule has 1 aromatic carbocycles. The zero-order valence-electron chi connectivity index (χ0n) is 11.1. The standard InChI is InChI=1S/C13H20N2O2.ClH/c1-14-8-9-15(2)13(16)12-7-5-4-6-11(12)10-17-3;/h4-7,14H,8-10H2,1-3H3;1H. The van der Waals surface area contributed by atoms with Crippen molar-refractivity contribution in [1.29, 1.82) is 0 Å². The number of rotatable bonds is 6. The van der Waals surface area contributed by atoms with Crippen molar-refractivity contribution in [2.45, 2.75) is 6.61 Å². The second-order valence-corrected chi connectivity index (χ2v) is 3.92. The molecule has 0 saturated heterocycles. The van der Waals surface area contributed by atoms with Gasteiger partial charge in [0.25, 0.3) is 5.91 Å². The lowest BCUT2D eigenvalue weighted by Crippen LogP contribution is -2.33. The summed E-state index contributed by atoms with van der Waals surface area (Å²) >= 11 is 0. The first-order valence-electron chi connectivity index (χ1n) is 5.67. The fourth-order valence-electron chi connectivity index (χ4n) is 1.60. The lowest BCUT2D eigenvalue weighted by Gasteiger charge is -2.18. The number of halogens is 1. The Kier molecular flexibility index (Phi) is 8.37. The van der Waals surface area contributed by atoms with E-state index in [4.69, 9.17) is 4.74 Å². The fourth-order valence-corrected chi connectivity index (χ4v) is 1.60. The molecule has 18 heavy (non-hydrogen) atoms. The summed E-state index contributed by atoms with van der Waals surface area (Å²) in [5.74, 6) is 0.0351. The Morgan fingerprint density at radius 1 is 1.39 bits per heavy atom. The Balaban J connectivity index is 0.00000289. The first kappa shape index (κ1) is 16.9. The number of nitrogens with zero attached hydrogens (tertiary/aromatic N) is 1. The molecule has 0 bridgehead atoms. The smallest absolute Gasteiger partial charge is 0.254 e. The van der Waals surface area contributed by atoms with Crippen molar-refractivity contribution < 1.29 is 9.53 Å². The molecule has 0 aliphatic heterocycles. The highest BCUT2D eigenvalue weighted by Crippen LogP contribution is 2.12. The molecule has 102 valence electrons. The number of hydrogen-bond acceptors (Lipinski definition) is 3. The minimum absolute atomic E-state index is 0. The van der Waals surface area contributed by atoms with Gasteiger partial charge in [0, 0.05) is 32.8 Å². The minimum atomic E-state index is 0. The number of carbonyl (C=O) groups is 1. The van der Waals surface area contributed by atoms with Crippen molar-refractivity contribution in [3.05, 3.63) is 35.4 Å². The van der Waals surface area contributed by atoms with E-state index in [-0.39, 0.29) is 18.3 Å². The van der Waals surface area contributed by atoms with Crippen LogP contribution in [0.25, 0.3) is 0 Å². The van der Waals surface area contributed by atoms with E-state index in [1.807, 2.05) is 38.4 Å². The molecule has 1 rings (SSSR count). The predicted octanol–water partition coefficient (Wildman–Crippen LogP) is 1.55. The first-order chi connectivity index (χ1) is 8.20. The summed E-state index contributed by atoms with van der Waals surface area (Å²) < 4.78 is 5.10. The highest BCUT2D eigenvalue weighted by Gasteiger charge is 2.14. The maximum atomic E-state index is 12.2. The molecule has 1 N–H and O–H groups in total. The van der Waals surface area contributed by atoms with Crippen LogP contribution in [-0.4, -0.2) is 45.1 Å². The van der Waals surface area contributed by atoms with Crippen molar-refractivity contribution >= 4 is 18.3 Å². The van der Waals surface area contributed by atoms with Gasteiger partial charge in [-0.15, -0.1) is 12.4 Å². The van der Waals surface area contributed by atoms with E-state index in [9.17, 15) is 4.79 Å². The molecule has 0 aliphatic rings. The number of benzene rings is 1. The molecule has 0 unspecified atom stereocenters. The molecule has 0 atom stereocenters. The number of hydrogen-bond donors (Lipinski definition) is 1. The summed E-state index contributed by atoms with van der Waals surface area (Å²) in [6.45, 7) is 1.94. The monoisotopic (exact) mass is 272 g/mol. The van der Waals surface area contributed by atoms with E-state index < -0.39 is 0 Å². The molecule has 0 spiro atoms. The molecule has 4 nitrogen and oxygen atoms in total. The van der Waals surface area contributed by atoms with Crippen molar-refractivity contribution in [3.63, 3.8) is 0 Å². The Morgan fingerprint density at radius 3 is 2.67 bits per heavy atom. The summed E-state index contributed by atoms with van der Waals surface area (Å²) in [5.41, 5.74) is 1.64. The SMILES string of the molecule is CNCCN(C)C(=O)c1ccccc1COC.Cl. The van der Waals surface area contributed by atoms with E-state index in [2.05, 4.69) is 5.32 Å². The van der Waals surface area contributed by atoms with Gasteiger partial charge in [-0.2, -0.15) is 0 Å². The van der Waals surface area contributed by atoms with Gasteiger partial charge in [-0.25, -0.2) is 0 Å². The van der Waals surface area contributed by atoms with Gasteiger partial charge in [0.15, 0.2) is 0 Å². The van der Waals surface area contributed by atoms with Crippen LogP contribution in [-0.2, 0) is 11.3 Å². The Hall–Kier alpha value is -1.10. The lowest BCUT2D eigenvalue weighted by atomic mass is 10.1. The van der Waals surface area contributed by atoms with Crippen LogP contribution >= 0.6 is 12.4 Å². The number of carbonyl (C=O) groups excluding carboxylic acids is 1. The molecule has 0 saturated carbocycles. The van der Waals surface area contributed by atoms with Crippen LogP contribution in [0.3, 0.4) is 0 Å². The average Bonchev–Trinajstić information content (AvgIpc) is 2.36.